The SMILES string of the molecule is CCc1ncnc(CC)c1CCNC. The molecule has 0 fully saturated rings. The monoisotopic (exact) mass is 193 g/mol. The van der Waals surface area contributed by atoms with Crippen molar-refractivity contribution in [2.75, 3.05) is 13.6 Å². The van der Waals surface area contributed by atoms with Gasteiger partial charge in [-0.25, -0.2) is 9.97 Å². The molecule has 0 aromatic carbocycles. The highest BCUT2D eigenvalue weighted by Crippen LogP contribution is 2.11. The second-order valence-corrected chi connectivity index (χ2v) is 3.31. The Bertz CT molecular complexity index is 262. The van der Waals surface area contributed by atoms with Crippen LogP contribution in [0.3, 0.4) is 0 Å². The number of aromatic nitrogens is 2. The Morgan fingerprint density at radius 3 is 2.14 bits per heavy atom. The number of hydrogen-bond acceptors (Lipinski definition) is 3. The molecule has 3 heteroatoms. The molecule has 0 spiro atoms. The van der Waals surface area contributed by atoms with Gasteiger partial charge in [0.05, 0.1) is 0 Å². The molecule has 3 nitrogen and oxygen atoms in total. The molecule has 0 atom stereocenters. The van der Waals surface area contributed by atoms with Crippen LogP contribution in [0.25, 0.3) is 0 Å². The first kappa shape index (κ1) is 11.1. The van der Waals surface area contributed by atoms with Crippen LogP contribution in [0.4, 0.5) is 0 Å². The Balaban J connectivity index is 2.93. The molecular weight excluding hydrogens is 174 g/mol. The second-order valence-electron chi connectivity index (χ2n) is 3.31. The van der Waals surface area contributed by atoms with Gasteiger partial charge in [-0.1, -0.05) is 13.8 Å². The van der Waals surface area contributed by atoms with Gasteiger partial charge in [0.25, 0.3) is 0 Å². The van der Waals surface area contributed by atoms with Crippen LogP contribution in [-0.2, 0) is 19.3 Å². The van der Waals surface area contributed by atoms with Gasteiger partial charge in [0.1, 0.15) is 6.33 Å². The van der Waals surface area contributed by atoms with Crippen LogP contribution in [0.15, 0.2) is 6.33 Å². The van der Waals surface area contributed by atoms with Crippen molar-refractivity contribution in [1.82, 2.24) is 15.3 Å². The van der Waals surface area contributed by atoms with Crippen molar-refractivity contribution >= 4 is 0 Å². The van der Waals surface area contributed by atoms with Crippen molar-refractivity contribution in [3.8, 4) is 0 Å². The van der Waals surface area contributed by atoms with Crippen LogP contribution in [0.2, 0.25) is 0 Å². The number of nitrogens with zero attached hydrogens (tertiary/aromatic N) is 2. The van der Waals surface area contributed by atoms with E-state index in [4.69, 9.17) is 0 Å². The lowest BCUT2D eigenvalue weighted by Gasteiger charge is -2.10. The number of aryl methyl sites for hydroxylation is 2. The van der Waals surface area contributed by atoms with E-state index in [-0.39, 0.29) is 0 Å². The zero-order valence-electron chi connectivity index (χ0n) is 9.30. The largest absolute Gasteiger partial charge is 0.319 e. The van der Waals surface area contributed by atoms with Crippen LogP contribution in [-0.4, -0.2) is 23.6 Å². The summed E-state index contributed by atoms with van der Waals surface area (Å²) in [5.41, 5.74) is 3.74. The first-order valence-corrected chi connectivity index (χ1v) is 5.29. The first-order chi connectivity index (χ1) is 6.83. The van der Waals surface area contributed by atoms with Crippen molar-refractivity contribution in [2.24, 2.45) is 0 Å². The molecular formula is C11H19N3. The molecule has 0 aliphatic carbocycles. The van der Waals surface area contributed by atoms with Crippen LogP contribution < -0.4 is 5.32 Å². The Labute approximate surface area is 86.0 Å². The molecule has 0 bridgehead atoms. The van der Waals surface area contributed by atoms with E-state index in [2.05, 4.69) is 29.1 Å². The van der Waals surface area contributed by atoms with E-state index in [1.165, 1.54) is 17.0 Å². The molecule has 0 amide bonds. The molecule has 0 aliphatic heterocycles. The predicted octanol–water partition coefficient (Wildman–Crippen LogP) is 1.36. The molecule has 1 aromatic heterocycles. The Morgan fingerprint density at radius 2 is 1.71 bits per heavy atom. The van der Waals surface area contributed by atoms with E-state index >= 15 is 0 Å². The molecule has 0 radical (unpaired) electrons. The topological polar surface area (TPSA) is 37.8 Å². The molecule has 1 rings (SSSR count). The molecule has 0 saturated heterocycles. The third-order valence-corrected chi connectivity index (χ3v) is 2.42. The van der Waals surface area contributed by atoms with E-state index in [9.17, 15) is 0 Å². The van der Waals surface area contributed by atoms with E-state index < -0.39 is 0 Å². The van der Waals surface area contributed by atoms with Gasteiger partial charge in [-0.15, -0.1) is 0 Å². The maximum atomic E-state index is 4.32. The molecule has 1 N–H and O–H groups in total. The normalized spacial score (nSPS) is 10.5. The Morgan fingerprint density at radius 1 is 1.14 bits per heavy atom. The molecule has 0 aliphatic rings. The van der Waals surface area contributed by atoms with Crippen LogP contribution in [0.5, 0.6) is 0 Å². The Kier molecular flexibility index (Phi) is 4.53. The van der Waals surface area contributed by atoms with Gasteiger partial charge in [0, 0.05) is 11.4 Å². The maximum Gasteiger partial charge on any atom is 0.115 e. The van der Waals surface area contributed by atoms with Crippen LogP contribution >= 0.6 is 0 Å². The average molecular weight is 193 g/mol. The minimum Gasteiger partial charge on any atom is -0.319 e. The van der Waals surface area contributed by atoms with Crippen LogP contribution in [0, 0.1) is 0 Å². The summed E-state index contributed by atoms with van der Waals surface area (Å²) in [6.07, 6.45) is 4.70. The third-order valence-electron chi connectivity index (χ3n) is 2.42. The van der Waals surface area contributed by atoms with E-state index in [1.807, 2.05) is 7.05 Å². The van der Waals surface area contributed by atoms with Gasteiger partial charge in [-0.3, -0.25) is 0 Å². The van der Waals surface area contributed by atoms with Gasteiger partial charge in [-0.05, 0) is 38.4 Å². The zero-order chi connectivity index (χ0) is 10.4. The fourth-order valence-corrected chi connectivity index (χ4v) is 1.64. The van der Waals surface area contributed by atoms with Gasteiger partial charge in [0.2, 0.25) is 0 Å². The fourth-order valence-electron chi connectivity index (χ4n) is 1.64. The number of rotatable bonds is 5. The highest BCUT2D eigenvalue weighted by Gasteiger charge is 2.07. The molecule has 1 aromatic rings. The van der Waals surface area contributed by atoms with Crippen molar-refractivity contribution in [3.05, 3.63) is 23.3 Å². The highest BCUT2D eigenvalue weighted by molar-refractivity contribution is 5.25. The standard InChI is InChI=1S/C11H19N3/c1-4-10-9(6-7-12-3)11(5-2)14-8-13-10/h8,12H,4-7H2,1-3H3. The van der Waals surface area contributed by atoms with Crippen LogP contribution in [0.1, 0.15) is 30.8 Å². The smallest absolute Gasteiger partial charge is 0.115 e. The summed E-state index contributed by atoms with van der Waals surface area (Å²) >= 11 is 0. The molecule has 14 heavy (non-hydrogen) atoms. The molecule has 1 heterocycles. The number of nitrogens with one attached hydrogen (secondary N) is 1. The lowest BCUT2D eigenvalue weighted by atomic mass is 10.0. The van der Waals surface area contributed by atoms with Crippen molar-refractivity contribution in [2.45, 2.75) is 33.1 Å². The summed E-state index contributed by atoms with van der Waals surface area (Å²) in [5, 5.41) is 3.16. The van der Waals surface area contributed by atoms with Crippen molar-refractivity contribution in [3.63, 3.8) is 0 Å². The van der Waals surface area contributed by atoms with Gasteiger partial charge < -0.3 is 5.32 Å². The summed E-state index contributed by atoms with van der Waals surface area (Å²) < 4.78 is 0. The summed E-state index contributed by atoms with van der Waals surface area (Å²) in [4.78, 5) is 8.64. The molecule has 0 unspecified atom stereocenters. The minimum atomic E-state index is 0.993. The summed E-state index contributed by atoms with van der Waals surface area (Å²) in [6, 6.07) is 0. The second kappa shape index (κ2) is 5.70. The zero-order valence-corrected chi connectivity index (χ0v) is 9.30. The predicted molar refractivity (Wildman–Crippen MR) is 58.4 cm³/mol. The minimum absolute atomic E-state index is 0.993. The van der Waals surface area contributed by atoms with E-state index in [0.29, 0.717) is 0 Å². The van der Waals surface area contributed by atoms with Gasteiger partial charge in [0.15, 0.2) is 0 Å². The fraction of sp³-hybridized carbons (Fsp3) is 0.636. The third kappa shape index (κ3) is 2.51. The van der Waals surface area contributed by atoms with E-state index in [0.717, 1.165) is 25.8 Å². The van der Waals surface area contributed by atoms with Crippen molar-refractivity contribution < 1.29 is 0 Å². The number of likely N-dealkylation sites (N-methyl/N-ethyl adjacent to an activating group) is 1. The maximum absolute atomic E-state index is 4.32. The summed E-state index contributed by atoms with van der Waals surface area (Å²) in [5.74, 6) is 0. The van der Waals surface area contributed by atoms with E-state index in [1.54, 1.807) is 6.33 Å². The molecule has 78 valence electrons. The average Bonchev–Trinajstić information content (AvgIpc) is 2.25. The Hall–Kier alpha value is -0.960. The summed E-state index contributed by atoms with van der Waals surface area (Å²) in [7, 11) is 1.97. The van der Waals surface area contributed by atoms with Crippen molar-refractivity contribution in [1.29, 1.82) is 0 Å². The lowest BCUT2D eigenvalue weighted by Crippen LogP contribution is -2.14. The quantitative estimate of drug-likeness (QED) is 0.767. The first-order valence-electron chi connectivity index (χ1n) is 5.29. The molecule has 0 saturated carbocycles. The summed E-state index contributed by atoms with van der Waals surface area (Å²) in [6.45, 7) is 5.28. The van der Waals surface area contributed by atoms with Gasteiger partial charge >= 0.3 is 0 Å². The van der Waals surface area contributed by atoms with Gasteiger partial charge in [-0.2, -0.15) is 0 Å². The lowest BCUT2D eigenvalue weighted by molar-refractivity contribution is 0.759. The highest BCUT2D eigenvalue weighted by atomic mass is 14.9. The number of hydrogen-bond donors (Lipinski definition) is 1.